The van der Waals surface area contributed by atoms with Crippen LogP contribution < -0.4 is 5.32 Å². The molecule has 0 heterocycles. The van der Waals surface area contributed by atoms with Gasteiger partial charge in [-0.1, -0.05) is 0 Å². The molecule has 0 atom stereocenters. The predicted molar refractivity (Wildman–Crippen MR) is 70.2 cm³/mol. The normalized spacial score (nSPS) is 24.2. The van der Waals surface area contributed by atoms with Gasteiger partial charge in [-0.25, -0.2) is 0 Å². The van der Waals surface area contributed by atoms with Gasteiger partial charge >= 0.3 is 5.51 Å². The molecule has 106 valence electrons. The lowest BCUT2D eigenvalue weighted by Crippen LogP contribution is -2.28. The van der Waals surface area contributed by atoms with E-state index in [2.05, 4.69) is 5.32 Å². The van der Waals surface area contributed by atoms with Gasteiger partial charge in [-0.2, -0.15) is 13.2 Å². The Morgan fingerprint density at radius 1 is 1.05 bits per heavy atom. The molecule has 0 bridgehead atoms. The van der Waals surface area contributed by atoms with Gasteiger partial charge in [-0.3, -0.25) is 0 Å². The minimum absolute atomic E-state index is 0.105. The molecular weight excluding hydrogens is 275 g/mol. The average molecular weight is 291 g/mol. The molecule has 2 rings (SSSR count). The highest BCUT2D eigenvalue weighted by molar-refractivity contribution is 8.00. The molecule has 19 heavy (non-hydrogen) atoms. The van der Waals surface area contributed by atoms with Crippen molar-refractivity contribution in [3.63, 3.8) is 0 Å². The zero-order chi connectivity index (χ0) is 13.9. The summed E-state index contributed by atoms with van der Waals surface area (Å²) in [6.07, 6.45) is 3.13. The quantitative estimate of drug-likeness (QED) is 0.825. The minimum Gasteiger partial charge on any atom is -0.393 e. The maximum atomic E-state index is 12.2. The van der Waals surface area contributed by atoms with Gasteiger partial charge in [0, 0.05) is 16.6 Å². The summed E-state index contributed by atoms with van der Waals surface area (Å²) in [5.41, 5.74) is -3.41. The van der Waals surface area contributed by atoms with E-state index in [1.807, 2.05) is 0 Å². The van der Waals surface area contributed by atoms with Crippen LogP contribution in [0.25, 0.3) is 0 Å². The van der Waals surface area contributed by atoms with Crippen LogP contribution in [0.15, 0.2) is 29.2 Å². The highest BCUT2D eigenvalue weighted by Gasteiger charge is 2.29. The molecule has 1 aliphatic carbocycles. The predicted octanol–water partition coefficient (Wildman–Crippen LogP) is 4.01. The number of aliphatic hydroxyl groups excluding tert-OH is 1. The van der Waals surface area contributed by atoms with Crippen LogP contribution in [0.2, 0.25) is 0 Å². The second kappa shape index (κ2) is 6.05. The van der Waals surface area contributed by atoms with E-state index >= 15 is 0 Å². The molecule has 0 aromatic heterocycles. The molecular formula is C13H16F3NOS. The lowest BCUT2D eigenvalue weighted by molar-refractivity contribution is -0.0328. The van der Waals surface area contributed by atoms with Crippen LogP contribution in [0, 0.1) is 0 Å². The van der Waals surface area contributed by atoms with Crippen LogP contribution in [0.3, 0.4) is 0 Å². The lowest BCUT2D eigenvalue weighted by atomic mass is 9.93. The summed E-state index contributed by atoms with van der Waals surface area (Å²) >= 11 is -0.105. The van der Waals surface area contributed by atoms with Crippen LogP contribution in [0.4, 0.5) is 18.9 Å². The van der Waals surface area contributed by atoms with E-state index in [0.717, 1.165) is 31.4 Å². The van der Waals surface area contributed by atoms with E-state index in [9.17, 15) is 18.3 Å². The average Bonchev–Trinajstić information content (AvgIpc) is 2.33. The van der Waals surface area contributed by atoms with Crippen molar-refractivity contribution in [2.75, 3.05) is 5.32 Å². The van der Waals surface area contributed by atoms with Crippen molar-refractivity contribution in [1.82, 2.24) is 0 Å². The number of nitrogens with one attached hydrogen (secondary N) is 1. The summed E-state index contributed by atoms with van der Waals surface area (Å²) in [5, 5.41) is 12.7. The second-order valence-corrected chi connectivity index (χ2v) is 5.86. The van der Waals surface area contributed by atoms with Gasteiger partial charge in [0.25, 0.3) is 0 Å². The highest BCUT2D eigenvalue weighted by Crippen LogP contribution is 2.37. The fourth-order valence-corrected chi connectivity index (χ4v) is 2.75. The van der Waals surface area contributed by atoms with Crippen LogP contribution in [0.5, 0.6) is 0 Å². The first-order valence-electron chi connectivity index (χ1n) is 6.23. The van der Waals surface area contributed by atoms with Gasteiger partial charge in [-0.15, -0.1) is 0 Å². The molecule has 0 aliphatic heterocycles. The van der Waals surface area contributed by atoms with Gasteiger partial charge < -0.3 is 10.4 Å². The summed E-state index contributed by atoms with van der Waals surface area (Å²) in [7, 11) is 0. The van der Waals surface area contributed by atoms with Crippen LogP contribution in [-0.2, 0) is 0 Å². The van der Waals surface area contributed by atoms with Crippen molar-refractivity contribution in [3.05, 3.63) is 24.3 Å². The molecule has 1 fully saturated rings. The summed E-state index contributed by atoms with van der Waals surface area (Å²) in [4.78, 5) is 0.192. The van der Waals surface area contributed by atoms with Gasteiger partial charge in [0.1, 0.15) is 0 Å². The summed E-state index contributed by atoms with van der Waals surface area (Å²) in [6.45, 7) is 0. The van der Waals surface area contributed by atoms with E-state index in [1.54, 1.807) is 12.1 Å². The zero-order valence-corrected chi connectivity index (χ0v) is 11.1. The molecule has 0 spiro atoms. The van der Waals surface area contributed by atoms with E-state index in [1.165, 1.54) is 12.1 Å². The van der Waals surface area contributed by atoms with Crippen LogP contribution in [-0.4, -0.2) is 22.8 Å². The fraction of sp³-hybridized carbons (Fsp3) is 0.538. The van der Waals surface area contributed by atoms with Gasteiger partial charge in [0.05, 0.1) is 6.10 Å². The molecule has 6 heteroatoms. The Balaban J connectivity index is 1.88. The Labute approximate surface area is 114 Å². The molecule has 1 aliphatic rings. The minimum atomic E-state index is -4.24. The molecule has 0 radical (unpaired) electrons. The van der Waals surface area contributed by atoms with Crippen molar-refractivity contribution in [2.45, 2.75) is 48.2 Å². The smallest absolute Gasteiger partial charge is 0.393 e. The number of aliphatic hydroxyl groups is 1. The molecule has 2 nitrogen and oxygen atoms in total. The van der Waals surface area contributed by atoms with Crippen molar-refractivity contribution in [3.8, 4) is 0 Å². The molecule has 1 aromatic rings. The third kappa shape index (κ3) is 4.95. The Kier molecular flexibility index (Phi) is 4.62. The van der Waals surface area contributed by atoms with Crippen molar-refractivity contribution in [2.24, 2.45) is 0 Å². The molecule has 0 saturated heterocycles. The SMILES string of the molecule is OC1CCC(Nc2ccc(SC(F)(F)F)cc2)CC1. The summed E-state index contributed by atoms with van der Waals surface area (Å²) in [5.74, 6) is 0. The largest absolute Gasteiger partial charge is 0.446 e. The Morgan fingerprint density at radius 3 is 2.16 bits per heavy atom. The second-order valence-electron chi connectivity index (χ2n) is 4.72. The topological polar surface area (TPSA) is 32.3 Å². The number of anilines is 1. The van der Waals surface area contributed by atoms with Crippen molar-refractivity contribution >= 4 is 17.4 Å². The first-order chi connectivity index (χ1) is 8.92. The number of alkyl halides is 3. The maximum Gasteiger partial charge on any atom is 0.446 e. The van der Waals surface area contributed by atoms with Crippen LogP contribution >= 0.6 is 11.8 Å². The molecule has 0 unspecified atom stereocenters. The summed E-state index contributed by atoms with van der Waals surface area (Å²) in [6, 6.07) is 6.57. The van der Waals surface area contributed by atoms with E-state index in [4.69, 9.17) is 0 Å². The first kappa shape index (κ1) is 14.5. The third-order valence-corrected chi connectivity index (χ3v) is 3.89. The Hall–Kier alpha value is -0.880. The van der Waals surface area contributed by atoms with Crippen molar-refractivity contribution < 1.29 is 18.3 Å². The lowest BCUT2D eigenvalue weighted by Gasteiger charge is -2.27. The number of halogens is 3. The number of hydrogen-bond acceptors (Lipinski definition) is 3. The highest BCUT2D eigenvalue weighted by atomic mass is 32.2. The van der Waals surface area contributed by atoms with Gasteiger partial charge in [0.2, 0.25) is 0 Å². The Bertz CT molecular complexity index is 399. The van der Waals surface area contributed by atoms with Gasteiger partial charge in [-0.05, 0) is 61.7 Å². The monoisotopic (exact) mass is 291 g/mol. The van der Waals surface area contributed by atoms with Crippen molar-refractivity contribution in [1.29, 1.82) is 0 Å². The summed E-state index contributed by atoms with van der Waals surface area (Å²) < 4.78 is 36.5. The number of benzene rings is 1. The molecule has 0 amide bonds. The van der Waals surface area contributed by atoms with E-state index in [0.29, 0.717) is 6.04 Å². The number of hydrogen-bond donors (Lipinski definition) is 2. The molecule has 1 aromatic carbocycles. The maximum absolute atomic E-state index is 12.2. The molecule has 2 N–H and O–H groups in total. The molecule has 1 saturated carbocycles. The fourth-order valence-electron chi connectivity index (χ4n) is 2.21. The zero-order valence-electron chi connectivity index (χ0n) is 10.3. The first-order valence-corrected chi connectivity index (χ1v) is 7.04. The van der Waals surface area contributed by atoms with Crippen LogP contribution in [0.1, 0.15) is 25.7 Å². The van der Waals surface area contributed by atoms with E-state index in [-0.39, 0.29) is 22.8 Å². The van der Waals surface area contributed by atoms with E-state index < -0.39 is 5.51 Å². The van der Waals surface area contributed by atoms with Gasteiger partial charge in [0.15, 0.2) is 0 Å². The Morgan fingerprint density at radius 2 is 1.63 bits per heavy atom. The standard InChI is InChI=1S/C13H16F3NOS/c14-13(15,16)19-12-7-3-10(4-8-12)17-9-1-5-11(18)6-2-9/h3-4,7-9,11,17-18H,1-2,5-6H2. The number of thioether (sulfide) groups is 1. The third-order valence-electron chi connectivity index (χ3n) is 3.16. The number of rotatable bonds is 3.